The standard InChI is InChI=1S/C16H20N4O3/c1-16(7-8-16)14(10-21)17-15(22)13-9-20(19-18-13)11-3-5-12(23-2)6-4-11/h3-6,9,14,21H,7-8,10H2,1-2H3,(H,17,22). The number of hydrogen-bond acceptors (Lipinski definition) is 5. The number of aliphatic hydroxyl groups is 1. The molecular weight excluding hydrogens is 296 g/mol. The Bertz CT molecular complexity index is 692. The van der Waals surface area contributed by atoms with Crippen LogP contribution in [0.3, 0.4) is 0 Å². The molecule has 7 nitrogen and oxygen atoms in total. The maximum absolute atomic E-state index is 12.3. The SMILES string of the molecule is COc1ccc(-n2cc(C(=O)NC(CO)C3(C)CC3)nn2)cc1. The first-order valence-electron chi connectivity index (χ1n) is 7.54. The van der Waals surface area contributed by atoms with E-state index in [9.17, 15) is 9.90 Å². The van der Waals surface area contributed by atoms with E-state index in [1.165, 1.54) is 4.68 Å². The Balaban J connectivity index is 1.71. The minimum absolute atomic E-state index is 0.00358. The summed E-state index contributed by atoms with van der Waals surface area (Å²) in [6, 6.07) is 7.04. The molecule has 1 atom stereocenters. The lowest BCUT2D eigenvalue weighted by Gasteiger charge is -2.21. The lowest BCUT2D eigenvalue weighted by molar-refractivity contribution is 0.0879. The summed E-state index contributed by atoms with van der Waals surface area (Å²) in [5, 5.41) is 20.2. The zero-order chi connectivity index (χ0) is 16.4. The van der Waals surface area contributed by atoms with E-state index < -0.39 is 0 Å². The molecule has 1 amide bonds. The number of ether oxygens (including phenoxy) is 1. The first-order chi connectivity index (χ1) is 11.1. The molecule has 3 rings (SSSR count). The van der Waals surface area contributed by atoms with Gasteiger partial charge in [0.15, 0.2) is 5.69 Å². The highest BCUT2D eigenvalue weighted by Crippen LogP contribution is 2.47. The number of carbonyl (C=O) groups is 1. The monoisotopic (exact) mass is 316 g/mol. The van der Waals surface area contributed by atoms with Crippen molar-refractivity contribution < 1.29 is 14.6 Å². The predicted molar refractivity (Wildman–Crippen MR) is 83.6 cm³/mol. The average molecular weight is 316 g/mol. The lowest BCUT2D eigenvalue weighted by Crippen LogP contribution is -2.43. The van der Waals surface area contributed by atoms with Crippen molar-refractivity contribution in [2.75, 3.05) is 13.7 Å². The quantitative estimate of drug-likeness (QED) is 0.835. The van der Waals surface area contributed by atoms with Gasteiger partial charge < -0.3 is 15.2 Å². The highest BCUT2D eigenvalue weighted by molar-refractivity contribution is 5.92. The molecule has 1 unspecified atom stereocenters. The van der Waals surface area contributed by atoms with Crippen molar-refractivity contribution in [3.05, 3.63) is 36.2 Å². The van der Waals surface area contributed by atoms with Crippen LogP contribution >= 0.6 is 0 Å². The van der Waals surface area contributed by atoms with Crippen LogP contribution in [0.25, 0.3) is 5.69 Å². The number of aliphatic hydroxyl groups excluding tert-OH is 1. The molecule has 0 spiro atoms. The highest BCUT2D eigenvalue weighted by Gasteiger charge is 2.45. The van der Waals surface area contributed by atoms with E-state index >= 15 is 0 Å². The maximum Gasteiger partial charge on any atom is 0.273 e. The van der Waals surface area contributed by atoms with Gasteiger partial charge >= 0.3 is 0 Å². The minimum Gasteiger partial charge on any atom is -0.497 e. The van der Waals surface area contributed by atoms with Crippen LogP contribution in [-0.4, -0.2) is 45.8 Å². The zero-order valence-electron chi connectivity index (χ0n) is 13.2. The Morgan fingerprint density at radius 1 is 1.43 bits per heavy atom. The molecular formula is C16H20N4O3. The summed E-state index contributed by atoms with van der Waals surface area (Å²) in [6.45, 7) is 1.98. The summed E-state index contributed by atoms with van der Waals surface area (Å²) in [4.78, 5) is 12.3. The van der Waals surface area contributed by atoms with E-state index in [-0.39, 0.29) is 29.7 Å². The van der Waals surface area contributed by atoms with Gasteiger partial charge in [-0.1, -0.05) is 12.1 Å². The topological polar surface area (TPSA) is 89.3 Å². The molecule has 1 aliphatic carbocycles. The van der Waals surface area contributed by atoms with Crippen LogP contribution in [0.2, 0.25) is 0 Å². The van der Waals surface area contributed by atoms with Crippen molar-refractivity contribution in [3.63, 3.8) is 0 Å². The molecule has 0 saturated heterocycles. The third kappa shape index (κ3) is 3.19. The molecule has 2 aromatic rings. The number of rotatable bonds is 6. The fraction of sp³-hybridized carbons (Fsp3) is 0.438. The van der Waals surface area contributed by atoms with Crippen molar-refractivity contribution in [2.24, 2.45) is 5.41 Å². The smallest absolute Gasteiger partial charge is 0.273 e. The molecule has 0 radical (unpaired) electrons. The van der Waals surface area contributed by atoms with E-state index in [2.05, 4.69) is 22.6 Å². The molecule has 7 heteroatoms. The van der Waals surface area contributed by atoms with Gasteiger partial charge in [0, 0.05) is 0 Å². The van der Waals surface area contributed by atoms with Crippen LogP contribution in [0.5, 0.6) is 5.75 Å². The number of benzene rings is 1. The van der Waals surface area contributed by atoms with Gasteiger partial charge in [-0.2, -0.15) is 0 Å². The number of carbonyl (C=O) groups excluding carboxylic acids is 1. The summed E-state index contributed by atoms with van der Waals surface area (Å²) in [5.74, 6) is 0.423. The van der Waals surface area contributed by atoms with E-state index in [1.54, 1.807) is 13.3 Å². The second-order valence-corrected chi connectivity index (χ2v) is 6.11. The number of nitrogens with one attached hydrogen (secondary N) is 1. The summed E-state index contributed by atoms with van der Waals surface area (Å²) in [5.41, 5.74) is 1.00. The molecule has 23 heavy (non-hydrogen) atoms. The molecule has 122 valence electrons. The van der Waals surface area contributed by atoms with Crippen molar-refractivity contribution >= 4 is 5.91 Å². The van der Waals surface area contributed by atoms with Gasteiger partial charge in [-0.3, -0.25) is 4.79 Å². The van der Waals surface area contributed by atoms with E-state index in [0.29, 0.717) is 0 Å². The van der Waals surface area contributed by atoms with Crippen LogP contribution in [0.1, 0.15) is 30.3 Å². The Hall–Kier alpha value is -2.41. The Morgan fingerprint density at radius 2 is 2.13 bits per heavy atom. The van der Waals surface area contributed by atoms with E-state index in [0.717, 1.165) is 24.3 Å². The van der Waals surface area contributed by atoms with Crippen molar-refractivity contribution in [2.45, 2.75) is 25.8 Å². The fourth-order valence-electron chi connectivity index (χ4n) is 2.45. The van der Waals surface area contributed by atoms with E-state index in [1.807, 2.05) is 24.3 Å². The summed E-state index contributed by atoms with van der Waals surface area (Å²) in [7, 11) is 1.60. The summed E-state index contributed by atoms with van der Waals surface area (Å²) < 4.78 is 6.64. The van der Waals surface area contributed by atoms with Crippen molar-refractivity contribution in [3.8, 4) is 11.4 Å². The molecule has 2 N–H and O–H groups in total. The number of methoxy groups -OCH3 is 1. The van der Waals surface area contributed by atoms with Crippen molar-refractivity contribution in [1.82, 2.24) is 20.3 Å². The molecule has 1 saturated carbocycles. The maximum atomic E-state index is 12.3. The lowest BCUT2D eigenvalue weighted by atomic mass is 10.00. The number of amides is 1. The zero-order valence-corrected chi connectivity index (χ0v) is 13.2. The van der Waals surface area contributed by atoms with Gasteiger partial charge in [-0.05, 0) is 42.5 Å². The van der Waals surface area contributed by atoms with Crippen LogP contribution in [0.4, 0.5) is 0 Å². The van der Waals surface area contributed by atoms with Gasteiger partial charge in [0.1, 0.15) is 5.75 Å². The fourth-order valence-corrected chi connectivity index (χ4v) is 2.45. The number of nitrogens with zero attached hydrogens (tertiary/aromatic N) is 3. The molecule has 1 heterocycles. The molecule has 1 fully saturated rings. The summed E-state index contributed by atoms with van der Waals surface area (Å²) >= 11 is 0. The number of hydrogen-bond donors (Lipinski definition) is 2. The average Bonchev–Trinajstić information content (AvgIpc) is 3.13. The van der Waals surface area contributed by atoms with Crippen LogP contribution < -0.4 is 10.1 Å². The Kier molecular flexibility index (Phi) is 4.04. The van der Waals surface area contributed by atoms with Gasteiger partial charge in [0.05, 0.1) is 31.6 Å². The third-order valence-electron chi connectivity index (χ3n) is 4.43. The number of aromatic nitrogens is 3. The Morgan fingerprint density at radius 3 is 2.70 bits per heavy atom. The highest BCUT2D eigenvalue weighted by atomic mass is 16.5. The van der Waals surface area contributed by atoms with Gasteiger partial charge in [-0.15, -0.1) is 5.10 Å². The van der Waals surface area contributed by atoms with Crippen LogP contribution in [0, 0.1) is 5.41 Å². The predicted octanol–water partition coefficient (Wildman–Crippen LogP) is 1.17. The molecule has 0 bridgehead atoms. The first-order valence-corrected chi connectivity index (χ1v) is 7.54. The largest absolute Gasteiger partial charge is 0.497 e. The van der Waals surface area contributed by atoms with Gasteiger partial charge in [0.25, 0.3) is 5.91 Å². The van der Waals surface area contributed by atoms with Crippen molar-refractivity contribution in [1.29, 1.82) is 0 Å². The molecule has 1 aromatic carbocycles. The summed E-state index contributed by atoms with van der Waals surface area (Å²) in [6.07, 6.45) is 3.59. The second-order valence-electron chi connectivity index (χ2n) is 6.11. The normalized spacial score (nSPS) is 16.7. The van der Waals surface area contributed by atoms with E-state index in [4.69, 9.17) is 4.74 Å². The second kappa shape index (κ2) is 6.00. The molecule has 1 aliphatic rings. The van der Waals surface area contributed by atoms with Crippen LogP contribution in [0.15, 0.2) is 30.5 Å². The minimum atomic E-state index is -0.322. The van der Waals surface area contributed by atoms with Crippen LogP contribution in [-0.2, 0) is 0 Å². The van der Waals surface area contributed by atoms with Gasteiger partial charge in [0.2, 0.25) is 0 Å². The molecule has 0 aliphatic heterocycles. The Labute approximate surface area is 134 Å². The first kappa shape index (κ1) is 15.5. The third-order valence-corrected chi connectivity index (χ3v) is 4.43. The molecule has 1 aromatic heterocycles. The van der Waals surface area contributed by atoms with Gasteiger partial charge in [-0.25, -0.2) is 4.68 Å².